The molecule has 1 aliphatic rings. The highest BCUT2D eigenvalue weighted by atomic mass is 16.1. The molecule has 1 aromatic carbocycles. The number of rotatable bonds is 3. The third-order valence-electron chi connectivity index (χ3n) is 5.47. The van der Waals surface area contributed by atoms with Crippen molar-refractivity contribution in [3.8, 4) is 11.8 Å². The van der Waals surface area contributed by atoms with E-state index in [9.17, 15) is 4.79 Å². The van der Waals surface area contributed by atoms with Crippen LogP contribution in [0, 0.1) is 11.8 Å². The second-order valence-corrected chi connectivity index (χ2v) is 7.62. The van der Waals surface area contributed by atoms with Gasteiger partial charge in [0.05, 0.1) is 5.56 Å². The monoisotopic (exact) mass is 387 g/mol. The molecular weight excluding hydrogens is 362 g/mol. The molecule has 29 heavy (non-hydrogen) atoms. The van der Waals surface area contributed by atoms with E-state index in [1.807, 2.05) is 0 Å². The summed E-state index contributed by atoms with van der Waals surface area (Å²) in [4.78, 5) is 23.8. The molecular formula is C23H25N5O. The van der Waals surface area contributed by atoms with E-state index >= 15 is 0 Å². The van der Waals surface area contributed by atoms with Crippen molar-refractivity contribution in [1.82, 2.24) is 19.4 Å². The van der Waals surface area contributed by atoms with Crippen molar-refractivity contribution < 1.29 is 0 Å². The number of nitrogens with one attached hydrogen (secondary N) is 1. The van der Waals surface area contributed by atoms with Crippen LogP contribution in [0.4, 0.5) is 11.6 Å². The third-order valence-corrected chi connectivity index (χ3v) is 5.47. The highest BCUT2D eigenvalue weighted by Gasteiger charge is 2.18. The van der Waals surface area contributed by atoms with Crippen LogP contribution >= 0.6 is 0 Å². The van der Waals surface area contributed by atoms with Gasteiger partial charge in [0.15, 0.2) is 0 Å². The van der Waals surface area contributed by atoms with E-state index in [4.69, 9.17) is 0 Å². The van der Waals surface area contributed by atoms with Crippen LogP contribution in [-0.4, -0.2) is 39.6 Å². The number of likely N-dealkylation sites (N-methyl/N-ethyl adjacent to an activating group) is 1. The van der Waals surface area contributed by atoms with Gasteiger partial charge in [0.1, 0.15) is 5.65 Å². The zero-order valence-electron chi connectivity index (χ0n) is 17.1. The lowest BCUT2D eigenvalue weighted by Crippen LogP contribution is -2.30. The Bertz CT molecular complexity index is 1150. The molecule has 148 valence electrons. The zero-order chi connectivity index (χ0) is 20.4. The summed E-state index contributed by atoms with van der Waals surface area (Å²) >= 11 is 0. The van der Waals surface area contributed by atoms with Gasteiger partial charge in [-0.05, 0) is 63.0 Å². The number of hydrogen-bond acceptors (Lipinski definition) is 5. The number of likely N-dealkylation sites (tertiary alicyclic amines) is 1. The van der Waals surface area contributed by atoms with Gasteiger partial charge in [0, 0.05) is 30.9 Å². The Labute approximate surface area is 170 Å². The Morgan fingerprint density at radius 3 is 2.72 bits per heavy atom. The normalized spacial score (nSPS) is 17.0. The Kier molecular flexibility index (Phi) is 5.32. The lowest BCUT2D eigenvalue weighted by molar-refractivity contribution is 0.251. The Balaban J connectivity index is 1.57. The highest BCUT2D eigenvalue weighted by molar-refractivity contribution is 5.77. The minimum atomic E-state index is -0.154. The van der Waals surface area contributed by atoms with Crippen molar-refractivity contribution in [3.63, 3.8) is 0 Å². The first kappa shape index (κ1) is 19.2. The van der Waals surface area contributed by atoms with Gasteiger partial charge in [-0.1, -0.05) is 18.1 Å². The minimum absolute atomic E-state index is 0.154. The molecule has 1 aliphatic heterocycles. The molecule has 0 spiro atoms. The fourth-order valence-electron chi connectivity index (χ4n) is 3.94. The highest BCUT2D eigenvalue weighted by Crippen LogP contribution is 2.27. The van der Waals surface area contributed by atoms with E-state index in [-0.39, 0.29) is 5.56 Å². The van der Waals surface area contributed by atoms with Gasteiger partial charge in [0.2, 0.25) is 5.95 Å². The number of aryl methyl sites for hydroxylation is 1. The van der Waals surface area contributed by atoms with Gasteiger partial charge in [-0.2, -0.15) is 4.98 Å². The maximum Gasteiger partial charge on any atom is 0.267 e. The Morgan fingerprint density at radius 1 is 1.21 bits per heavy atom. The molecule has 1 N–H and O–H groups in total. The quantitative estimate of drug-likeness (QED) is 0.699. The van der Waals surface area contributed by atoms with Crippen LogP contribution < -0.4 is 10.9 Å². The van der Waals surface area contributed by atoms with Crippen molar-refractivity contribution in [2.45, 2.75) is 25.7 Å². The molecule has 0 amide bonds. The van der Waals surface area contributed by atoms with Crippen LogP contribution in [0.15, 0.2) is 41.3 Å². The predicted molar refractivity (Wildman–Crippen MR) is 117 cm³/mol. The van der Waals surface area contributed by atoms with Crippen molar-refractivity contribution in [1.29, 1.82) is 0 Å². The molecule has 3 heterocycles. The summed E-state index contributed by atoms with van der Waals surface area (Å²) in [6, 6.07) is 10.2. The van der Waals surface area contributed by atoms with Gasteiger partial charge in [-0.3, -0.25) is 9.36 Å². The summed E-state index contributed by atoms with van der Waals surface area (Å²) in [6.07, 6.45) is 4.21. The summed E-state index contributed by atoms with van der Waals surface area (Å²) < 4.78 is 1.52. The minimum Gasteiger partial charge on any atom is -0.324 e. The van der Waals surface area contributed by atoms with Crippen molar-refractivity contribution >= 4 is 22.7 Å². The molecule has 1 saturated heterocycles. The Hall–Kier alpha value is -3.17. The summed E-state index contributed by atoms with van der Waals surface area (Å²) in [5.41, 5.74) is 3.18. The van der Waals surface area contributed by atoms with E-state index in [0.29, 0.717) is 23.1 Å². The molecule has 1 unspecified atom stereocenters. The van der Waals surface area contributed by atoms with Gasteiger partial charge in [0.25, 0.3) is 5.56 Å². The largest absolute Gasteiger partial charge is 0.324 e. The molecule has 0 saturated carbocycles. The molecule has 0 bridgehead atoms. The summed E-state index contributed by atoms with van der Waals surface area (Å²) in [7, 11) is 3.89. The van der Waals surface area contributed by atoms with Gasteiger partial charge in [-0.25, -0.2) is 4.98 Å². The number of piperidine rings is 1. The predicted octanol–water partition coefficient (Wildman–Crippen LogP) is 3.25. The van der Waals surface area contributed by atoms with Crippen molar-refractivity contribution in [2.24, 2.45) is 7.05 Å². The van der Waals surface area contributed by atoms with E-state index in [1.165, 1.54) is 29.5 Å². The first-order valence-corrected chi connectivity index (χ1v) is 9.90. The summed E-state index contributed by atoms with van der Waals surface area (Å²) in [5, 5.41) is 4.03. The summed E-state index contributed by atoms with van der Waals surface area (Å²) in [6.45, 7) is 4.01. The number of benzene rings is 1. The van der Waals surface area contributed by atoms with E-state index in [0.717, 1.165) is 17.6 Å². The summed E-state index contributed by atoms with van der Waals surface area (Å²) in [5.74, 6) is 6.67. The van der Waals surface area contributed by atoms with Crippen LogP contribution in [0.2, 0.25) is 0 Å². The van der Waals surface area contributed by atoms with Crippen molar-refractivity contribution in [3.05, 3.63) is 58.0 Å². The van der Waals surface area contributed by atoms with E-state index in [1.54, 1.807) is 26.2 Å². The molecule has 2 aromatic heterocycles. The van der Waals surface area contributed by atoms with Gasteiger partial charge >= 0.3 is 0 Å². The van der Waals surface area contributed by atoms with Gasteiger partial charge < -0.3 is 10.2 Å². The van der Waals surface area contributed by atoms with Crippen LogP contribution in [-0.2, 0) is 7.05 Å². The topological polar surface area (TPSA) is 63.1 Å². The number of hydrogen-bond donors (Lipinski definition) is 1. The molecule has 0 aliphatic carbocycles. The first-order chi connectivity index (χ1) is 14.0. The lowest BCUT2D eigenvalue weighted by atomic mass is 9.91. The second-order valence-electron chi connectivity index (χ2n) is 7.62. The van der Waals surface area contributed by atoms with Crippen molar-refractivity contribution in [2.75, 3.05) is 25.5 Å². The third kappa shape index (κ3) is 4.01. The number of pyridine rings is 1. The van der Waals surface area contributed by atoms with Gasteiger partial charge in [-0.15, -0.1) is 5.92 Å². The second kappa shape index (κ2) is 8.06. The first-order valence-electron chi connectivity index (χ1n) is 9.90. The van der Waals surface area contributed by atoms with Crippen LogP contribution in [0.25, 0.3) is 11.0 Å². The standard InChI is InChI=1S/C23H25N5O/c1-4-6-17-13-19-14-24-23(26-21(19)28(3)22(17)29)25-20-10-8-16(9-11-20)18-7-5-12-27(2)15-18/h8-11,13-14,18H,5,7,12,15H2,1-3H3,(H,24,25,26). The zero-order valence-corrected chi connectivity index (χ0v) is 17.1. The Morgan fingerprint density at radius 2 is 2.00 bits per heavy atom. The van der Waals surface area contributed by atoms with Crippen LogP contribution in [0.5, 0.6) is 0 Å². The number of anilines is 2. The number of nitrogens with zero attached hydrogens (tertiary/aromatic N) is 4. The SMILES string of the molecule is CC#Cc1cc2cnc(Nc3ccc(C4CCCN(C)C4)cc3)nc2n(C)c1=O. The molecule has 6 heteroatoms. The molecule has 3 aromatic rings. The molecule has 1 atom stereocenters. The molecule has 4 rings (SSSR count). The maximum atomic E-state index is 12.4. The number of fused-ring (bicyclic) bond motifs is 1. The average molecular weight is 387 g/mol. The van der Waals surface area contributed by atoms with Crippen LogP contribution in [0.3, 0.4) is 0 Å². The number of aromatic nitrogens is 3. The fraction of sp³-hybridized carbons (Fsp3) is 0.348. The molecule has 1 fully saturated rings. The molecule has 0 radical (unpaired) electrons. The maximum absolute atomic E-state index is 12.4. The average Bonchev–Trinajstić information content (AvgIpc) is 2.73. The smallest absolute Gasteiger partial charge is 0.267 e. The fourth-order valence-corrected chi connectivity index (χ4v) is 3.94. The van der Waals surface area contributed by atoms with E-state index in [2.05, 4.69) is 63.3 Å². The van der Waals surface area contributed by atoms with E-state index < -0.39 is 0 Å². The van der Waals surface area contributed by atoms with Crippen LogP contribution in [0.1, 0.15) is 36.8 Å². The molecule has 6 nitrogen and oxygen atoms in total. The lowest BCUT2D eigenvalue weighted by Gasteiger charge is -2.30.